The highest BCUT2D eigenvalue weighted by Gasteiger charge is 2.41. The summed E-state index contributed by atoms with van der Waals surface area (Å²) in [7, 11) is 0. The van der Waals surface area contributed by atoms with Gasteiger partial charge in [-0.05, 0) is 13.8 Å². The molecule has 1 aromatic rings. The number of nitrogens with two attached hydrogens (primary N) is 1. The zero-order chi connectivity index (χ0) is 12.6. The van der Waals surface area contributed by atoms with E-state index in [1.807, 2.05) is 0 Å². The molecular weight excluding hydrogens is 224 g/mol. The molecule has 0 bridgehead atoms. The molecule has 92 valence electrons. The van der Waals surface area contributed by atoms with Crippen LogP contribution in [0.3, 0.4) is 0 Å². The third-order valence-electron chi connectivity index (χ3n) is 2.80. The number of anilines is 1. The molecule has 0 spiro atoms. The fourth-order valence-electron chi connectivity index (χ4n) is 1.75. The van der Waals surface area contributed by atoms with Gasteiger partial charge >= 0.3 is 0 Å². The average molecular weight is 238 g/mol. The number of hydrogen-bond acceptors (Lipinski definition) is 5. The number of rotatable bonds is 1. The van der Waals surface area contributed by atoms with Crippen molar-refractivity contribution in [1.82, 2.24) is 25.4 Å². The zero-order valence-corrected chi connectivity index (χ0v) is 9.65. The molecule has 1 saturated heterocycles. The van der Waals surface area contributed by atoms with Crippen molar-refractivity contribution >= 4 is 17.8 Å². The first-order valence-corrected chi connectivity index (χ1v) is 5.21. The van der Waals surface area contributed by atoms with Crippen molar-refractivity contribution in [3.8, 4) is 0 Å². The fourth-order valence-corrected chi connectivity index (χ4v) is 1.75. The third kappa shape index (κ3) is 1.81. The summed E-state index contributed by atoms with van der Waals surface area (Å²) in [6.07, 6.45) is 0. The first kappa shape index (κ1) is 11.4. The second kappa shape index (κ2) is 3.72. The number of hydrogen-bond donors (Lipinski definition) is 3. The molecule has 0 atom stereocenters. The lowest BCUT2D eigenvalue weighted by atomic mass is 9.99. The predicted octanol–water partition coefficient (Wildman–Crippen LogP) is -1.26. The standard InChI is InChI=1S/C9H14N6O2/c1-9(2)7(17)11-3-4-15(9)6(16)5-12-8(10)14-13-5/h3-4H2,1-2H3,(H,11,17)(H3,10,12,13,14). The third-order valence-corrected chi connectivity index (χ3v) is 2.80. The molecule has 17 heavy (non-hydrogen) atoms. The number of aromatic nitrogens is 3. The topological polar surface area (TPSA) is 117 Å². The number of carbonyl (C=O) groups is 2. The molecule has 2 rings (SSSR count). The number of aromatic amines is 1. The summed E-state index contributed by atoms with van der Waals surface area (Å²) in [6.45, 7) is 4.22. The Morgan fingerprint density at radius 3 is 2.82 bits per heavy atom. The molecule has 0 aliphatic carbocycles. The van der Waals surface area contributed by atoms with Gasteiger partial charge < -0.3 is 16.0 Å². The second-order valence-electron chi connectivity index (χ2n) is 4.31. The molecule has 2 heterocycles. The molecule has 1 aromatic heterocycles. The van der Waals surface area contributed by atoms with Crippen LogP contribution in [0.15, 0.2) is 0 Å². The summed E-state index contributed by atoms with van der Waals surface area (Å²) in [5.74, 6) is -0.517. The maximum Gasteiger partial charge on any atom is 0.292 e. The molecule has 1 aliphatic heterocycles. The number of nitrogen functional groups attached to an aromatic ring is 1. The van der Waals surface area contributed by atoms with E-state index in [4.69, 9.17) is 5.73 Å². The van der Waals surface area contributed by atoms with E-state index in [1.54, 1.807) is 13.8 Å². The Morgan fingerprint density at radius 1 is 1.53 bits per heavy atom. The molecule has 1 fully saturated rings. The Hall–Kier alpha value is -2.12. The van der Waals surface area contributed by atoms with Crippen molar-refractivity contribution in [2.45, 2.75) is 19.4 Å². The minimum absolute atomic E-state index is 0.00705. The quantitative estimate of drug-likeness (QED) is 0.564. The van der Waals surface area contributed by atoms with Crippen LogP contribution in [0.1, 0.15) is 24.5 Å². The Balaban J connectivity index is 2.27. The smallest absolute Gasteiger partial charge is 0.292 e. The largest absolute Gasteiger partial charge is 0.366 e. The van der Waals surface area contributed by atoms with Crippen LogP contribution in [-0.2, 0) is 4.79 Å². The molecule has 0 saturated carbocycles. The lowest BCUT2D eigenvalue weighted by Crippen LogP contribution is -2.63. The summed E-state index contributed by atoms with van der Waals surface area (Å²) < 4.78 is 0. The van der Waals surface area contributed by atoms with Crippen molar-refractivity contribution in [1.29, 1.82) is 0 Å². The molecule has 0 radical (unpaired) electrons. The monoisotopic (exact) mass is 238 g/mol. The first-order valence-electron chi connectivity index (χ1n) is 5.21. The van der Waals surface area contributed by atoms with Crippen LogP contribution in [-0.4, -0.2) is 50.5 Å². The van der Waals surface area contributed by atoms with E-state index in [0.717, 1.165) is 0 Å². The normalized spacial score (nSPS) is 18.9. The summed E-state index contributed by atoms with van der Waals surface area (Å²) in [5.41, 5.74) is 4.43. The minimum atomic E-state index is -0.906. The molecule has 0 unspecified atom stereocenters. The van der Waals surface area contributed by atoms with Crippen molar-refractivity contribution in [3.63, 3.8) is 0 Å². The summed E-state index contributed by atoms with van der Waals surface area (Å²) in [5, 5.41) is 8.75. The SMILES string of the molecule is CC1(C)C(=O)NCCN1C(=O)c1nc(N)n[nH]1. The van der Waals surface area contributed by atoms with Crippen LogP contribution in [0.2, 0.25) is 0 Å². The fraction of sp³-hybridized carbons (Fsp3) is 0.556. The van der Waals surface area contributed by atoms with E-state index in [0.29, 0.717) is 13.1 Å². The van der Waals surface area contributed by atoms with Crippen LogP contribution in [0.4, 0.5) is 5.95 Å². The molecule has 1 aliphatic rings. The molecule has 0 aromatic carbocycles. The van der Waals surface area contributed by atoms with Crippen LogP contribution in [0.5, 0.6) is 0 Å². The summed E-state index contributed by atoms with van der Waals surface area (Å²) in [6, 6.07) is 0. The van der Waals surface area contributed by atoms with E-state index in [-0.39, 0.29) is 23.6 Å². The highest BCUT2D eigenvalue weighted by atomic mass is 16.2. The number of piperazine rings is 1. The highest BCUT2D eigenvalue weighted by Crippen LogP contribution is 2.19. The van der Waals surface area contributed by atoms with Gasteiger partial charge in [-0.25, -0.2) is 0 Å². The van der Waals surface area contributed by atoms with Gasteiger partial charge in [0.25, 0.3) is 5.91 Å². The summed E-state index contributed by atoms with van der Waals surface area (Å²) in [4.78, 5) is 29.0. The maximum absolute atomic E-state index is 12.1. The van der Waals surface area contributed by atoms with Crippen molar-refractivity contribution < 1.29 is 9.59 Å². The Labute approximate surface area is 97.6 Å². The van der Waals surface area contributed by atoms with Gasteiger partial charge in [0.15, 0.2) is 0 Å². The molecule has 2 amide bonds. The Bertz CT molecular complexity index is 466. The maximum atomic E-state index is 12.1. The number of nitrogens with one attached hydrogen (secondary N) is 2. The number of nitrogens with zero attached hydrogens (tertiary/aromatic N) is 3. The van der Waals surface area contributed by atoms with E-state index in [1.165, 1.54) is 4.90 Å². The Kier molecular flexibility index (Phi) is 2.49. The average Bonchev–Trinajstić information content (AvgIpc) is 2.68. The van der Waals surface area contributed by atoms with Crippen LogP contribution in [0, 0.1) is 0 Å². The number of amides is 2. The van der Waals surface area contributed by atoms with Crippen LogP contribution < -0.4 is 11.1 Å². The molecular formula is C9H14N6O2. The number of H-pyrrole nitrogens is 1. The van der Waals surface area contributed by atoms with E-state index in [9.17, 15) is 9.59 Å². The highest BCUT2D eigenvalue weighted by molar-refractivity contribution is 5.97. The van der Waals surface area contributed by atoms with Gasteiger partial charge in [-0.1, -0.05) is 0 Å². The van der Waals surface area contributed by atoms with Gasteiger partial charge in [0.2, 0.25) is 17.7 Å². The van der Waals surface area contributed by atoms with Crippen molar-refractivity contribution in [3.05, 3.63) is 5.82 Å². The predicted molar refractivity (Wildman–Crippen MR) is 58.9 cm³/mol. The van der Waals surface area contributed by atoms with Gasteiger partial charge in [-0.15, -0.1) is 5.10 Å². The molecule has 8 nitrogen and oxygen atoms in total. The van der Waals surface area contributed by atoms with Gasteiger partial charge in [0.1, 0.15) is 5.54 Å². The van der Waals surface area contributed by atoms with Gasteiger partial charge in [-0.3, -0.25) is 14.7 Å². The second-order valence-corrected chi connectivity index (χ2v) is 4.31. The zero-order valence-electron chi connectivity index (χ0n) is 9.65. The van der Waals surface area contributed by atoms with Crippen molar-refractivity contribution in [2.24, 2.45) is 0 Å². The lowest BCUT2D eigenvalue weighted by molar-refractivity contribution is -0.133. The molecule has 8 heteroatoms. The minimum Gasteiger partial charge on any atom is -0.366 e. The van der Waals surface area contributed by atoms with E-state index < -0.39 is 5.54 Å². The summed E-state index contributed by atoms with van der Waals surface area (Å²) >= 11 is 0. The Morgan fingerprint density at radius 2 is 2.24 bits per heavy atom. The van der Waals surface area contributed by atoms with E-state index in [2.05, 4.69) is 20.5 Å². The lowest BCUT2D eigenvalue weighted by Gasteiger charge is -2.40. The van der Waals surface area contributed by atoms with Crippen LogP contribution in [0.25, 0.3) is 0 Å². The van der Waals surface area contributed by atoms with Crippen LogP contribution >= 0.6 is 0 Å². The van der Waals surface area contributed by atoms with Crippen molar-refractivity contribution in [2.75, 3.05) is 18.8 Å². The first-order chi connectivity index (χ1) is 7.93. The van der Waals surface area contributed by atoms with Gasteiger partial charge in [-0.2, -0.15) is 4.98 Å². The van der Waals surface area contributed by atoms with Gasteiger partial charge in [0.05, 0.1) is 0 Å². The van der Waals surface area contributed by atoms with Gasteiger partial charge in [0, 0.05) is 13.1 Å². The number of carbonyl (C=O) groups excluding carboxylic acids is 2. The van der Waals surface area contributed by atoms with E-state index >= 15 is 0 Å². The molecule has 4 N–H and O–H groups in total.